The monoisotopic (exact) mass is 281 g/mol. The second-order valence-corrected chi connectivity index (χ2v) is 7.45. The van der Waals surface area contributed by atoms with Crippen molar-refractivity contribution < 1.29 is 13.2 Å². The van der Waals surface area contributed by atoms with E-state index in [1.807, 2.05) is 31.2 Å². The lowest BCUT2D eigenvalue weighted by molar-refractivity contribution is -0.130. The first-order valence-corrected chi connectivity index (χ1v) is 8.21. The van der Waals surface area contributed by atoms with Crippen LogP contribution in [0.15, 0.2) is 24.3 Å². The van der Waals surface area contributed by atoms with Crippen LogP contribution in [0.4, 0.5) is 0 Å². The molecule has 1 unspecified atom stereocenters. The molecule has 104 valence electrons. The van der Waals surface area contributed by atoms with Gasteiger partial charge in [-0.25, -0.2) is 8.42 Å². The first-order valence-electron chi connectivity index (χ1n) is 6.39. The van der Waals surface area contributed by atoms with Gasteiger partial charge in [0.05, 0.1) is 17.9 Å². The van der Waals surface area contributed by atoms with Crippen LogP contribution in [0.3, 0.4) is 0 Å². The Kier molecular flexibility index (Phi) is 3.94. The van der Waals surface area contributed by atoms with Crippen LogP contribution in [-0.4, -0.2) is 43.8 Å². The highest BCUT2D eigenvalue weighted by molar-refractivity contribution is 7.91. The highest BCUT2D eigenvalue weighted by Crippen LogP contribution is 2.17. The molecule has 1 aliphatic heterocycles. The van der Waals surface area contributed by atoms with Gasteiger partial charge < -0.3 is 4.90 Å². The van der Waals surface area contributed by atoms with Gasteiger partial charge in [0.2, 0.25) is 5.91 Å². The molecule has 4 nitrogen and oxygen atoms in total. The van der Waals surface area contributed by atoms with E-state index in [4.69, 9.17) is 0 Å². The van der Waals surface area contributed by atoms with Gasteiger partial charge in [-0.2, -0.15) is 0 Å². The molecule has 19 heavy (non-hydrogen) atoms. The minimum Gasteiger partial charge on any atom is -0.341 e. The fourth-order valence-corrected chi connectivity index (χ4v) is 4.06. The van der Waals surface area contributed by atoms with Gasteiger partial charge in [-0.1, -0.05) is 29.8 Å². The zero-order chi connectivity index (χ0) is 14.0. The molecular formula is C14H19NO3S. The minimum absolute atomic E-state index is 0.0223. The molecule has 1 heterocycles. The molecule has 0 bridgehead atoms. The number of likely N-dealkylation sites (N-methyl/N-ethyl adjacent to an activating group) is 1. The molecule has 1 atom stereocenters. The second kappa shape index (κ2) is 5.33. The summed E-state index contributed by atoms with van der Waals surface area (Å²) in [6.45, 7) is 2.00. The first kappa shape index (κ1) is 14.1. The van der Waals surface area contributed by atoms with E-state index in [2.05, 4.69) is 0 Å². The highest BCUT2D eigenvalue weighted by Gasteiger charge is 2.32. The van der Waals surface area contributed by atoms with Gasteiger partial charge in [0.25, 0.3) is 0 Å². The maximum atomic E-state index is 12.1. The molecule has 1 aromatic carbocycles. The van der Waals surface area contributed by atoms with Crippen molar-refractivity contribution in [3.63, 3.8) is 0 Å². The van der Waals surface area contributed by atoms with Crippen LogP contribution >= 0.6 is 0 Å². The Morgan fingerprint density at radius 3 is 2.47 bits per heavy atom. The molecule has 1 saturated heterocycles. The SMILES string of the molecule is Cc1ccc(CC(=O)N(C)C2CCS(=O)(=O)C2)cc1. The second-order valence-electron chi connectivity index (χ2n) is 5.22. The summed E-state index contributed by atoms with van der Waals surface area (Å²) in [5, 5.41) is 0. The van der Waals surface area contributed by atoms with Crippen LogP contribution in [0.5, 0.6) is 0 Å². The van der Waals surface area contributed by atoms with E-state index in [0.717, 1.165) is 11.1 Å². The molecule has 1 aliphatic rings. The van der Waals surface area contributed by atoms with Crippen LogP contribution in [0.1, 0.15) is 17.5 Å². The molecule has 0 radical (unpaired) electrons. The van der Waals surface area contributed by atoms with E-state index in [-0.39, 0.29) is 23.5 Å². The zero-order valence-electron chi connectivity index (χ0n) is 11.3. The summed E-state index contributed by atoms with van der Waals surface area (Å²) >= 11 is 0. The van der Waals surface area contributed by atoms with Crippen molar-refractivity contribution in [1.82, 2.24) is 4.90 Å². The molecule has 2 rings (SSSR count). The number of carbonyl (C=O) groups excluding carboxylic acids is 1. The van der Waals surface area contributed by atoms with Crippen LogP contribution in [-0.2, 0) is 21.1 Å². The third-order valence-corrected chi connectivity index (χ3v) is 5.38. The number of benzene rings is 1. The number of carbonyl (C=O) groups is 1. The topological polar surface area (TPSA) is 54.5 Å². The summed E-state index contributed by atoms with van der Waals surface area (Å²) in [4.78, 5) is 13.7. The number of hydrogen-bond donors (Lipinski definition) is 0. The van der Waals surface area contributed by atoms with Gasteiger partial charge in [0.15, 0.2) is 9.84 Å². The number of amides is 1. The molecule has 1 aromatic rings. The minimum atomic E-state index is -2.95. The quantitative estimate of drug-likeness (QED) is 0.836. The predicted octanol–water partition coefficient (Wildman–Crippen LogP) is 1.18. The zero-order valence-corrected chi connectivity index (χ0v) is 12.1. The van der Waals surface area contributed by atoms with E-state index < -0.39 is 9.84 Å². The molecule has 0 spiro atoms. The van der Waals surface area contributed by atoms with E-state index in [0.29, 0.717) is 12.8 Å². The fraction of sp³-hybridized carbons (Fsp3) is 0.500. The van der Waals surface area contributed by atoms with Crippen molar-refractivity contribution in [2.45, 2.75) is 25.8 Å². The summed E-state index contributed by atoms with van der Waals surface area (Å²) < 4.78 is 22.9. The highest BCUT2D eigenvalue weighted by atomic mass is 32.2. The Bertz CT molecular complexity index is 563. The molecule has 1 amide bonds. The van der Waals surface area contributed by atoms with Crippen LogP contribution in [0, 0.1) is 6.92 Å². The number of nitrogens with zero attached hydrogens (tertiary/aromatic N) is 1. The number of aryl methyl sites for hydroxylation is 1. The van der Waals surface area contributed by atoms with Crippen molar-refractivity contribution in [2.75, 3.05) is 18.6 Å². The van der Waals surface area contributed by atoms with Crippen molar-refractivity contribution in [1.29, 1.82) is 0 Å². The van der Waals surface area contributed by atoms with E-state index in [1.54, 1.807) is 11.9 Å². The number of sulfone groups is 1. The summed E-state index contributed by atoms with van der Waals surface area (Å²) in [5.74, 6) is 0.272. The summed E-state index contributed by atoms with van der Waals surface area (Å²) in [7, 11) is -1.25. The van der Waals surface area contributed by atoms with Crippen molar-refractivity contribution in [3.05, 3.63) is 35.4 Å². The molecule has 0 saturated carbocycles. The molecular weight excluding hydrogens is 262 g/mol. The van der Waals surface area contributed by atoms with E-state index in [1.165, 1.54) is 0 Å². The average molecular weight is 281 g/mol. The Morgan fingerprint density at radius 2 is 1.95 bits per heavy atom. The van der Waals surface area contributed by atoms with Gasteiger partial charge in [0, 0.05) is 13.1 Å². The Hall–Kier alpha value is -1.36. The molecule has 0 aromatic heterocycles. The number of rotatable bonds is 3. The largest absolute Gasteiger partial charge is 0.341 e. The van der Waals surface area contributed by atoms with Gasteiger partial charge >= 0.3 is 0 Å². The van der Waals surface area contributed by atoms with Gasteiger partial charge in [-0.05, 0) is 18.9 Å². The van der Waals surface area contributed by atoms with Crippen LogP contribution < -0.4 is 0 Å². The summed E-state index contributed by atoms with van der Waals surface area (Å²) in [6, 6.07) is 7.66. The maximum Gasteiger partial charge on any atom is 0.227 e. The lowest BCUT2D eigenvalue weighted by Gasteiger charge is -2.23. The standard InChI is InChI=1S/C14H19NO3S/c1-11-3-5-12(6-4-11)9-14(16)15(2)13-7-8-19(17,18)10-13/h3-6,13H,7-10H2,1-2H3. The normalized spacial score (nSPS) is 21.3. The smallest absolute Gasteiger partial charge is 0.227 e. The molecule has 5 heteroatoms. The maximum absolute atomic E-state index is 12.1. The van der Waals surface area contributed by atoms with Crippen LogP contribution in [0.25, 0.3) is 0 Å². The van der Waals surface area contributed by atoms with E-state index >= 15 is 0 Å². The number of hydrogen-bond acceptors (Lipinski definition) is 3. The van der Waals surface area contributed by atoms with E-state index in [9.17, 15) is 13.2 Å². The van der Waals surface area contributed by atoms with Crippen molar-refractivity contribution >= 4 is 15.7 Å². The molecule has 0 N–H and O–H groups in total. The average Bonchev–Trinajstić information content (AvgIpc) is 2.71. The lowest BCUT2D eigenvalue weighted by atomic mass is 10.1. The fourth-order valence-electron chi connectivity index (χ4n) is 2.29. The first-order chi connectivity index (χ1) is 8.87. The molecule has 1 fully saturated rings. The Morgan fingerprint density at radius 1 is 1.32 bits per heavy atom. The lowest BCUT2D eigenvalue weighted by Crippen LogP contribution is -2.38. The molecule has 0 aliphatic carbocycles. The summed E-state index contributed by atoms with van der Waals surface area (Å²) in [5.41, 5.74) is 2.12. The van der Waals surface area contributed by atoms with Gasteiger partial charge in [-0.3, -0.25) is 4.79 Å². The van der Waals surface area contributed by atoms with Crippen molar-refractivity contribution in [2.24, 2.45) is 0 Å². The Labute approximate surface area is 114 Å². The third-order valence-electron chi connectivity index (χ3n) is 3.63. The summed E-state index contributed by atoms with van der Waals surface area (Å²) in [6.07, 6.45) is 0.881. The van der Waals surface area contributed by atoms with Crippen LogP contribution in [0.2, 0.25) is 0 Å². The van der Waals surface area contributed by atoms with Crippen molar-refractivity contribution in [3.8, 4) is 0 Å². The third kappa shape index (κ3) is 3.56. The Balaban J connectivity index is 1.98. The van der Waals surface area contributed by atoms with Gasteiger partial charge in [-0.15, -0.1) is 0 Å². The van der Waals surface area contributed by atoms with Gasteiger partial charge in [0.1, 0.15) is 0 Å². The predicted molar refractivity (Wildman–Crippen MR) is 74.7 cm³/mol.